The van der Waals surface area contributed by atoms with Crippen molar-refractivity contribution in [2.45, 2.75) is 24.3 Å². The highest BCUT2D eigenvalue weighted by molar-refractivity contribution is 7.98. The summed E-state index contributed by atoms with van der Waals surface area (Å²) in [7, 11) is 0. The van der Waals surface area contributed by atoms with Crippen LogP contribution in [0.5, 0.6) is 0 Å². The Balaban J connectivity index is 1.30. The first-order chi connectivity index (χ1) is 14.7. The van der Waals surface area contributed by atoms with Crippen LogP contribution in [0.25, 0.3) is 0 Å². The number of nitrogens with zero attached hydrogens (tertiary/aromatic N) is 2. The number of carbonyl (C=O) groups is 2. The number of benzene rings is 1. The number of morpholine rings is 1. The van der Waals surface area contributed by atoms with Gasteiger partial charge in [0, 0.05) is 44.2 Å². The minimum atomic E-state index is -0.533. The topological polar surface area (TPSA) is 73.9 Å². The molecule has 30 heavy (non-hydrogen) atoms. The van der Waals surface area contributed by atoms with Crippen LogP contribution in [-0.2, 0) is 20.9 Å². The summed E-state index contributed by atoms with van der Waals surface area (Å²) >= 11 is 1.79. The van der Waals surface area contributed by atoms with E-state index in [1.807, 2.05) is 0 Å². The lowest BCUT2D eigenvalue weighted by Crippen LogP contribution is -2.46. The van der Waals surface area contributed by atoms with Gasteiger partial charge in [-0.15, -0.1) is 11.8 Å². The molecule has 0 spiro atoms. The highest BCUT2D eigenvalue weighted by Gasteiger charge is 2.22. The summed E-state index contributed by atoms with van der Waals surface area (Å²) in [6.07, 6.45) is 4.20. The van der Waals surface area contributed by atoms with Gasteiger partial charge in [0.1, 0.15) is 0 Å². The molecule has 0 atom stereocenters. The van der Waals surface area contributed by atoms with Gasteiger partial charge in [0.15, 0.2) is 0 Å². The Morgan fingerprint density at radius 2 is 1.73 bits per heavy atom. The van der Waals surface area contributed by atoms with Crippen LogP contribution in [0.4, 0.5) is 0 Å². The lowest BCUT2D eigenvalue weighted by Gasteiger charge is -2.32. The molecule has 0 radical (unpaired) electrons. The molecular weight excluding hydrogens is 400 g/mol. The lowest BCUT2D eigenvalue weighted by molar-refractivity contribution is -0.139. The monoisotopic (exact) mass is 434 g/mol. The zero-order chi connectivity index (χ0) is 21.2. The number of ether oxygens (including phenoxy) is 1. The third-order valence-corrected chi connectivity index (χ3v) is 6.71. The van der Waals surface area contributed by atoms with Crippen LogP contribution < -0.4 is 10.6 Å². The highest BCUT2D eigenvalue weighted by atomic mass is 32.2. The highest BCUT2D eigenvalue weighted by Crippen LogP contribution is 2.24. The molecule has 166 valence electrons. The molecule has 2 fully saturated rings. The molecule has 8 heteroatoms. The second-order valence-corrected chi connectivity index (χ2v) is 8.80. The number of hydrogen-bond acceptors (Lipinski definition) is 6. The Labute approximate surface area is 183 Å². The predicted octanol–water partition coefficient (Wildman–Crippen LogP) is 1.19. The molecule has 3 rings (SSSR count). The fraction of sp³-hybridized carbons (Fsp3) is 0.636. The quantitative estimate of drug-likeness (QED) is 0.473. The third kappa shape index (κ3) is 7.27. The molecule has 0 unspecified atom stereocenters. The number of amides is 2. The van der Waals surface area contributed by atoms with Crippen molar-refractivity contribution in [3.63, 3.8) is 0 Å². The molecule has 2 heterocycles. The first kappa shape index (κ1) is 23.1. The molecule has 1 aromatic rings. The van der Waals surface area contributed by atoms with Crippen molar-refractivity contribution < 1.29 is 14.3 Å². The van der Waals surface area contributed by atoms with E-state index >= 15 is 0 Å². The van der Waals surface area contributed by atoms with E-state index in [1.54, 1.807) is 11.8 Å². The van der Waals surface area contributed by atoms with Crippen molar-refractivity contribution >= 4 is 23.6 Å². The molecule has 1 aromatic carbocycles. The number of piperidine rings is 1. The number of likely N-dealkylation sites (tertiary alicyclic amines) is 1. The summed E-state index contributed by atoms with van der Waals surface area (Å²) in [5, 5.41) is 5.54. The van der Waals surface area contributed by atoms with Crippen molar-refractivity contribution in [1.82, 2.24) is 20.4 Å². The van der Waals surface area contributed by atoms with Crippen LogP contribution in [-0.4, -0.2) is 86.9 Å². The van der Waals surface area contributed by atoms with Gasteiger partial charge in [0.05, 0.1) is 13.2 Å². The fourth-order valence-electron chi connectivity index (χ4n) is 3.97. The normalized spacial score (nSPS) is 18.8. The minimum Gasteiger partial charge on any atom is -0.379 e. The largest absolute Gasteiger partial charge is 0.379 e. The zero-order valence-electron chi connectivity index (χ0n) is 17.9. The van der Waals surface area contributed by atoms with Gasteiger partial charge in [-0.25, -0.2) is 0 Å². The molecule has 2 aliphatic heterocycles. The Hall–Kier alpha value is -1.61. The van der Waals surface area contributed by atoms with Crippen LogP contribution in [0.2, 0.25) is 0 Å². The van der Waals surface area contributed by atoms with E-state index in [2.05, 4.69) is 51.0 Å². The average molecular weight is 435 g/mol. The van der Waals surface area contributed by atoms with Crippen molar-refractivity contribution in [3.8, 4) is 0 Å². The molecule has 2 saturated heterocycles. The number of thioether (sulfide) groups is 1. The zero-order valence-corrected chi connectivity index (χ0v) is 18.7. The van der Waals surface area contributed by atoms with Gasteiger partial charge in [-0.1, -0.05) is 18.2 Å². The summed E-state index contributed by atoms with van der Waals surface area (Å²) in [6, 6.07) is 8.57. The van der Waals surface area contributed by atoms with Crippen LogP contribution >= 0.6 is 11.8 Å². The van der Waals surface area contributed by atoms with E-state index in [-0.39, 0.29) is 0 Å². The SMILES string of the molecule is CSc1ccccc1CN1CCC(CNC(=O)C(=O)NCCN2CCOCC2)CC1. The second kappa shape index (κ2) is 12.3. The van der Waals surface area contributed by atoms with Crippen molar-refractivity contribution in [2.24, 2.45) is 5.92 Å². The Kier molecular flexibility index (Phi) is 9.45. The number of hydrogen-bond donors (Lipinski definition) is 2. The molecule has 0 aromatic heterocycles. The van der Waals surface area contributed by atoms with E-state index in [1.165, 1.54) is 10.5 Å². The van der Waals surface area contributed by atoms with Crippen molar-refractivity contribution in [1.29, 1.82) is 0 Å². The Morgan fingerprint density at radius 3 is 2.47 bits per heavy atom. The summed E-state index contributed by atoms with van der Waals surface area (Å²) in [5.74, 6) is -0.621. The third-order valence-electron chi connectivity index (χ3n) is 5.87. The van der Waals surface area contributed by atoms with Crippen LogP contribution in [0.15, 0.2) is 29.2 Å². The predicted molar refractivity (Wildman–Crippen MR) is 120 cm³/mol. The van der Waals surface area contributed by atoms with E-state index in [0.29, 0.717) is 19.0 Å². The number of nitrogens with one attached hydrogen (secondary N) is 2. The van der Waals surface area contributed by atoms with Crippen molar-refractivity contribution in [3.05, 3.63) is 29.8 Å². The fourth-order valence-corrected chi connectivity index (χ4v) is 4.58. The lowest BCUT2D eigenvalue weighted by atomic mass is 9.96. The van der Waals surface area contributed by atoms with Gasteiger partial charge in [-0.2, -0.15) is 0 Å². The number of carbonyl (C=O) groups excluding carboxylic acids is 2. The van der Waals surface area contributed by atoms with E-state index in [4.69, 9.17) is 4.74 Å². The maximum atomic E-state index is 12.1. The van der Waals surface area contributed by atoms with Gasteiger partial charge in [-0.05, 0) is 49.7 Å². The summed E-state index contributed by atoms with van der Waals surface area (Å²) in [5.41, 5.74) is 1.38. The summed E-state index contributed by atoms with van der Waals surface area (Å²) < 4.78 is 5.30. The summed E-state index contributed by atoms with van der Waals surface area (Å²) in [6.45, 7) is 8.06. The summed E-state index contributed by atoms with van der Waals surface area (Å²) in [4.78, 5) is 30.1. The molecule has 2 amide bonds. The molecule has 0 bridgehead atoms. The van der Waals surface area contributed by atoms with Gasteiger partial charge in [0.2, 0.25) is 0 Å². The number of rotatable bonds is 8. The smallest absolute Gasteiger partial charge is 0.309 e. The molecule has 0 saturated carbocycles. The molecule has 7 nitrogen and oxygen atoms in total. The van der Waals surface area contributed by atoms with Gasteiger partial charge < -0.3 is 15.4 Å². The van der Waals surface area contributed by atoms with Gasteiger partial charge in [0.25, 0.3) is 0 Å². The molecular formula is C22H34N4O3S. The second-order valence-electron chi connectivity index (χ2n) is 7.95. The van der Waals surface area contributed by atoms with Crippen LogP contribution in [0.3, 0.4) is 0 Å². The maximum Gasteiger partial charge on any atom is 0.309 e. The van der Waals surface area contributed by atoms with Crippen LogP contribution in [0.1, 0.15) is 18.4 Å². The van der Waals surface area contributed by atoms with Crippen molar-refractivity contribution in [2.75, 3.05) is 65.3 Å². The van der Waals surface area contributed by atoms with E-state index in [0.717, 1.165) is 65.3 Å². The molecule has 0 aliphatic carbocycles. The van der Waals surface area contributed by atoms with Gasteiger partial charge in [-0.3, -0.25) is 19.4 Å². The van der Waals surface area contributed by atoms with Gasteiger partial charge >= 0.3 is 11.8 Å². The first-order valence-electron chi connectivity index (χ1n) is 10.9. The Bertz CT molecular complexity index is 689. The minimum absolute atomic E-state index is 0.433. The van der Waals surface area contributed by atoms with E-state index < -0.39 is 11.8 Å². The van der Waals surface area contributed by atoms with Crippen LogP contribution in [0, 0.1) is 5.92 Å². The molecule has 2 aliphatic rings. The Morgan fingerprint density at radius 1 is 1.03 bits per heavy atom. The molecule has 2 N–H and O–H groups in total. The van der Waals surface area contributed by atoms with E-state index in [9.17, 15) is 9.59 Å². The maximum absolute atomic E-state index is 12.1. The standard InChI is InChI=1S/C22H34N4O3S/c1-30-20-5-3-2-4-19(20)17-26-9-6-18(7-10-26)16-24-22(28)21(27)23-8-11-25-12-14-29-15-13-25/h2-5,18H,6-17H2,1H3,(H,23,27)(H,24,28). The average Bonchev–Trinajstić information content (AvgIpc) is 2.79. The first-order valence-corrected chi connectivity index (χ1v) is 12.1.